The SMILES string of the molecule is CCn1c(SCC(=O)N[C@H](CC(C)C)C(=O)OC)nc2sc(C)c(C)c2c1=O. The predicted octanol–water partition coefficient (Wildman–Crippen LogP) is 2.89. The molecule has 7 nitrogen and oxygen atoms in total. The van der Waals surface area contributed by atoms with E-state index in [-0.39, 0.29) is 23.1 Å². The first-order chi connectivity index (χ1) is 13.2. The number of fused-ring (bicyclic) bond motifs is 1. The number of methoxy groups -OCH3 is 1. The van der Waals surface area contributed by atoms with E-state index in [0.29, 0.717) is 28.3 Å². The number of rotatable bonds is 8. The number of esters is 1. The van der Waals surface area contributed by atoms with Crippen molar-refractivity contribution in [1.82, 2.24) is 14.9 Å². The first-order valence-corrected chi connectivity index (χ1v) is 11.0. The molecule has 0 aromatic carbocycles. The van der Waals surface area contributed by atoms with E-state index in [1.165, 1.54) is 30.2 Å². The van der Waals surface area contributed by atoms with Gasteiger partial charge in [-0.05, 0) is 38.7 Å². The average molecular weight is 426 g/mol. The molecule has 0 radical (unpaired) electrons. The molecule has 0 saturated heterocycles. The highest BCUT2D eigenvalue weighted by Crippen LogP contribution is 2.28. The number of nitrogens with one attached hydrogen (secondary N) is 1. The monoisotopic (exact) mass is 425 g/mol. The van der Waals surface area contributed by atoms with Crippen molar-refractivity contribution in [1.29, 1.82) is 0 Å². The van der Waals surface area contributed by atoms with Crippen LogP contribution in [0.5, 0.6) is 0 Å². The van der Waals surface area contributed by atoms with Gasteiger partial charge in [0.2, 0.25) is 5.91 Å². The number of nitrogens with zero attached hydrogens (tertiary/aromatic N) is 2. The van der Waals surface area contributed by atoms with Gasteiger partial charge >= 0.3 is 5.97 Å². The van der Waals surface area contributed by atoms with Gasteiger partial charge in [0.1, 0.15) is 10.9 Å². The minimum Gasteiger partial charge on any atom is -0.467 e. The van der Waals surface area contributed by atoms with Gasteiger partial charge in [-0.15, -0.1) is 11.3 Å². The molecule has 0 aliphatic heterocycles. The normalized spacial score (nSPS) is 12.4. The molecule has 2 aromatic heterocycles. The van der Waals surface area contributed by atoms with Gasteiger partial charge in [0, 0.05) is 11.4 Å². The highest BCUT2D eigenvalue weighted by Gasteiger charge is 2.23. The maximum absolute atomic E-state index is 12.8. The number of carbonyl (C=O) groups excluding carboxylic acids is 2. The Bertz CT molecular complexity index is 933. The molecule has 1 amide bonds. The van der Waals surface area contributed by atoms with Gasteiger partial charge in [0.25, 0.3) is 5.56 Å². The second-order valence-electron chi connectivity index (χ2n) is 6.97. The summed E-state index contributed by atoms with van der Waals surface area (Å²) in [5.74, 6) is -0.456. The van der Waals surface area contributed by atoms with Crippen molar-refractivity contribution >= 4 is 45.2 Å². The van der Waals surface area contributed by atoms with Gasteiger partial charge in [-0.2, -0.15) is 0 Å². The van der Waals surface area contributed by atoms with Gasteiger partial charge in [-0.3, -0.25) is 14.2 Å². The van der Waals surface area contributed by atoms with E-state index in [1.54, 1.807) is 4.57 Å². The zero-order valence-electron chi connectivity index (χ0n) is 17.1. The zero-order chi connectivity index (χ0) is 21.0. The number of hydrogen-bond donors (Lipinski definition) is 1. The molecule has 0 unspecified atom stereocenters. The second-order valence-corrected chi connectivity index (χ2v) is 9.11. The standard InChI is InChI=1S/C19H27N3O4S2/c1-7-22-17(24)15-11(4)12(5)28-16(15)21-19(22)27-9-14(23)20-13(8-10(2)3)18(25)26-6/h10,13H,7-9H2,1-6H3,(H,20,23)/t13-/m1/s1. The first kappa shape index (κ1) is 22.4. The van der Waals surface area contributed by atoms with Crippen LogP contribution in [0, 0.1) is 19.8 Å². The van der Waals surface area contributed by atoms with Crippen molar-refractivity contribution < 1.29 is 14.3 Å². The summed E-state index contributed by atoms with van der Waals surface area (Å²) >= 11 is 2.68. The molecule has 0 aliphatic rings. The molecule has 154 valence electrons. The van der Waals surface area contributed by atoms with Gasteiger partial charge in [-0.25, -0.2) is 9.78 Å². The van der Waals surface area contributed by atoms with E-state index >= 15 is 0 Å². The van der Waals surface area contributed by atoms with Crippen molar-refractivity contribution in [3.63, 3.8) is 0 Å². The third kappa shape index (κ3) is 4.94. The van der Waals surface area contributed by atoms with Crippen molar-refractivity contribution in [2.24, 2.45) is 5.92 Å². The second kappa shape index (κ2) is 9.56. The molecule has 0 aliphatic carbocycles. The lowest BCUT2D eigenvalue weighted by Crippen LogP contribution is -2.43. The molecule has 9 heteroatoms. The quantitative estimate of drug-likeness (QED) is 0.397. The molecule has 0 fully saturated rings. The van der Waals surface area contributed by atoms with E-state index in [9.17, 15) is 14.4 Å². The maximum Gasteiger partial charge on any atom is 0.328 e. The van der Waals surface area contributed by atoms with Crippen LogP contribution in [-0.4, -0.2) is 40.3 Å². The molecular formula is C19H27N3O4S2. The van der Waals surface area contributed by atoms with E-state index in [1.807, 2.05) is 34.6 Å². The summed E-state index contributed by atoms with van der Waals surface area (Å²) < 4.78 is 6.36. The van der Waals surface area contributed by atoms with Crippen LogP contribution in [0.25, 0.3) is 10.2 Å². The largest absolute Gasteiger partial charge is 0.467 e. The van der Waals surface area contributed by atoms with Crippen LogP contribution >= 0.6 is 23.1 Å². The molecule has 2 heterocycles. The molecule has 2 aromatic rings. The average Bonchev–Trinajstić information content (AvgIpc) is 2.92. The lowest BCUT2D eigenvalue weighted by atomic mass is 10.0. The Kier molecular flexibility index (Phi) is 7.65. The smallest absolute Gasteiger partial charge is 0.328 e. The number of thiophene rings is 1. The Hall–Kier alpha value is -1.87. The third-order valence-corrected chi connectivity index (χ3v) is 6.51. The van der Waals surface area contributed by atoms with Gasteiger partial charge in [-0.1, -0.05) is 25.6 Å². The molecule has 1 N–H and O–H groups in total. The Morgan fingerprint density at radius 3 is 2.57 bits per heavy atom. The fourth-order valence-electron chi connectivity index (χ4n) is 2.89. The van der Waals surface area contributed by atoms with Crippen LogP contribution < -0.4 is 10.9 Å². The Morgan fingerprint density at radius 2 is 2.00 bits per heavy atom. The fraction of sp³-hybridized carbons (Fsp3) is 0.579. The minimum absolute atomic E-state index is 0.0624. The van der Waals surface area contributed by atoms with Gasteiger partial charge in [0.05, 0.1) is 18.2 Å². The lowest BCUT2D eigenvalue weighted by Gasteiger charge is -2.18. The number of aryl methyl sites for hydroxylation is 2. The summed E-state index contributed by atoms with van der Waals surface area (Å²) in [6, 6.07) is -0.676. The van der Waals surface area contributed by atoms with Crippen LogP contribution in [-0.2, 0) is 20.9 Å². The molecular weight excluding hydrogens is 398 g/mol. The Labute approximate surface area is 172 Å². The third-order valence-electron chi connectivity index (χ3n) is 4.43. The van der Waals surface area contributed by atoms with E-state index < -0.39 is 12.0 Å². The number of thioether (sulfide) groups is 1. The van der Waals surface area contributed by atoms with Crippen molar-refractivity contribution in [3.05, 3.63) is 20.8 Å². The number of amides is 1. The van der Waals surface area contributed by atoms with E-state index in [4.69, 9.17) is 4.74 Å². The van der Waals surface area contributed by atoms with E-state index in [2.05, 4.69) is 10.3 Å². The molecule has 1 atom stereocenters. The molecule has 28 heavy (non-hydrogen) atoms. The summed E-state index contributed by atoms with van der Waals surface area (Å²) in [5.41, 5.74) is 0.883. The summed E-state index contributed by atoms with van der Waals surface area (Å²) in [6.45, 7) is 10.2. The van der Waals surface area contributed by atoms with Crippen LogP contribution in [0.2, 0.25) is 0 Å². The lowest BCUT2D eigenvalue weighted by molar-refractivity contribution is -0.145. The van der Waals surface area contributed by atoms with E-state index in [0.717, 1.165) is 10.4 Å². The Morgan fingerprint density at radius 1 is 1.32 bits per heavy atom. The summed E-state index contributed by atoms with van der Waals surface area (Å²) in [4.78, 5) is 43.5. The van der Waals surface area contributed by atoms with Crippen molar-refractivity contribution in [2.75, 3.05) is 12.9 Å². The van der Waals surface area contributed by atoms with Gasteiger partial charge < -0.3 is 10.1 Å². The fourth-order valence-corrected chi connectivity index (χ4v) is 4.84. The number of aromatic nitrogens is 2. The van der Waals surface area contributed by atoms with Gasteiger partial charge in [0.15, 0.2) is 5.16 Å². The van der Waals surface area contributed by atoms with Crippen LogP contribution in [0.3, 0.4) is 0 Å². The minimum atomic E-state index is -0.676. The number of ether oxygens (including phenoxy) is 1. The molecule has 0 saturated carbocycles. The van der Waals surface area contributed by atoms with Crippen LogP contribution in [0.1, 0.15) is 37.6 Å². The highest BCUT2D eigenvalue weighted by molar-refractivity contribution is 7.99. The van der Waals surface area contributed by atoms with Crippen LogP contribution in [0.4, 0.5) is 0 Å². The van der Waals surface area contributed by atoms with Crippen molar-refractivity contribution in [2.45, 2.75) is 58.8 Å². The summed E-state index contributed by atoms with van der Waals surface area (Å²) in [6.07, 6.45) is 0.501. The maximum atomic E-state index is 12.8. The van der Waals surface area contributed by atoms with Crippen molar-refractivity contribution in [3.8, 4) is 0 Å². The zero-order valence-corrected chi connectivity index (χ0v) is 18.8. The molecule has 0 bridgehead atoms. The molecule has 0 spiro atoms. The number of carbonyl (C=O) groups is 2. The first-order valence-electron chi connectivity index (χ1n) is 9.20. The molecule has 2 rings (SSSR count). The van der Waals surface area contributed by atoms with Crippen LogP contribution in [0.15, 0.2) is 9.95 Å². The number of hydrogen-bond acceptors (Lipinski definition) is 7. The Balaban J connectivity index is 2.19. The topological polar surface area (TPSA) is 90.3 Å². The highest BCUT2D eigenvalue weighted by atomic mass is 32.2. The summed E-state index contributed by atoms with van der Waals surface area (Å²) in [5, 5.41) is 3.89. The summed E-state index contributed by atoms with van der Waals surface area (Å²) in [7, 11) is 1.31. The predicted molar refractivity (Wildman–Crippen MR) is 113 cm³/mol.